The molecule has 4 heteroatoms. The van der Waals surface area contributed by atoms with Gasteiger partial charge in [-0.15, -0.1) is 0 Å². The van der Waals surface area contributed by atoms with Crippen LogP contribution in [0, 0.1) is 0 Å². The second-order valence-electron chi connectivity index (χ2n) is 4.49. The van der Waals surface area contributed by atoms with Crippen molar-refractivity contribution >= 4 is 15.9 Å². The van der Waals surface area contributed by atoms with Crippen molar-refractivity contribution in [3.63, 3.8) is 0 Å². The molecule has 0 aliphatic rings. The lowest BCUT2D eigenvalue weighted by Gasteiger charge is -2.25. The summed E-state index contributed by atoms with van der Waals surface area (Å²) in [6, 6.07) is 5.92. The normalized spacial score (nSPS) is 11.6. The molecule has 0 fully saturated rings. The van der Waals surface area contributed by atoms with Crippen molar-refractivity contribution in [2.45, 2.75) is 38.8 Å². The lowest BCUT2D eigenvalue weighted by Crippen LogP contribution is -2.39. The van der Waals surface area contributed by atoms with E-state index in [9.17, 15) is 5.11 Å². The Morgan fingerprint density at radius 1 is 1.33 bits per heavy atom. The quantitative estimate of drug-likeness (QED) is 0.812. The average Bonchev–Trinajstić information content (AvgIpc) is 2.39. The van der Waals surface area contributed by atoms with Gasteiger partial charge in [0.05, 0.1) is 12.7 Å². The molecular formula is C14H22BrNO2. The van der Waals surface area contributed by atoms with Crippen LogP contribution in [0.2, 0.25) is 0 Å². The predicted octanol–water partition coefficient (Wildman–Crippen LogP) is 3.10. The van der Waals surface area contributed by atoms with Crippen LogP contribution in [-0.4, -0.2) is 24.4 Å². The zero-order chi connectivity index (χ0) is 13.6. The van der Waals surface area contributed by atoms with Crippen LogP contribution in [-0.2, 0) is 6.54 Å². The molecular weight excluding hydrogens is 294 g/mol. The first kappa shape index (κ1) is 15.5. The van der Waals surface area contributed by atoms with E-state index in [1.165, 1.54) is 0 Å². The number of benzene rings is 1. The molecule has 3 nitrogen and oxygen atoms in total. The third-order valence-corrected chi connectivity index (χ3v) is 3.82. The molecule has 0 saturated carbocycles. The number of ether oxygens (including phenoxy) is 1. The van der Waals surface area contributed by atoms with Crippen molar-refractivity contribution in [3.05, 3.63) is 28.2 Å². The molecule has 0 heterocycles. The monoisotopic (exact) mass is 315 g/mol. The summed E-state index contributed by atoms with van der Waals surface area (Å²) in [7, 11) is 1.67. The molecule has 0 saturated heterocycles. The Balaban J connectivity index is 2.60. The van der Waals surface area contributed by atoms with Gasteiger partial charge >= 0.3 is 0 Å². The molecule has 1 rings (SSSR count). The van der Waals surface area contributed by atoms with Crippen LogP contribution in [0.5, 0.6) is 5.75 Å². The number of aliphatic hydroxyl groups is 1. The van der Waals surface area contributed by atoms with Gasteiger partial charge in [0.25, 0.3) is 0 Å². The molecule has 1 aromatic rings. The molecule has 0 aromatic heterocycles. The van der Waals surface area contributed by atoms with Gasteiger partial charge < -0.3 is 15.2 Å². The van der Waals surface area contributed by atoms with Crippen LogP contribution in [0.4, 0.5) is 0 Å². The highest BCUT2D eigenvalue weighted by molar-refractivity contribution is 9.10. The summed E-state index contributed by atoms with van der Waals surface area (Å²) in [5, 5.41) is 13.5. The molecule has 0 radical (unpaired) electrons. The first-order chi connectivity index (χ1) is 8.54. The van der Waals surface area contributed by atoms with E-state index in [1.807, 2.05) is 32.0 Å². The summed E-state index contributed by atoms with van der Waals surface area (Å²) in [6.07, 6.45) is 1.51. The summed E-state index contributed by atoms with van der Waals surface area (Å²) in [6.45, 7) is 5.29. The lowest BCUT2D eigenvalue weighted by atomic mass is 9.97. The van der Waals surface area contributed by atoms with E-state index in [2.05, 4.69) is 21.2 Å². The minimum atomic E-state index is -0.612. The van der Waals surface area contributed by atoms with E-state index in [0.717, 1.165) is 28.6 Å². The maximum Gasteiger partial charge on any atom is 0.123 e. The standard InChI is InChI=1S/C14H22BrNO2/c1-4-14(17,5-2)10-16-9-11-8-12(15)6-7-13(11)18-3/h6-8,16-17H,4-5,9-10H2,1-3H3. The summed E-state index contributed by atoms with van der Waals surface area (Å²) >= 11 is 3.45. The number of halogens is 1. The van der Waals surface area contributed by atoms with Crippen LogP contribution in [0.1, 0.15) is 32.3 Å². The summed E-state index contributed by atoms with van der Waals surface area (Å²) in [5.41, 5.74) is 0.473. The van der Waals surface area contributed by atoms with Gasteiger partial charge in [0.2, 0.25) is 0 Å². The Morgan fingerprint density at radius 2 is 2.00 bits per heavy atom. The summed E-state index contributed by atoms with van der Waals surface area (Å²) in [4.78, 5) is 0. The first-order valence-electron chi connectivity index (χ1n) is 6.30. The van der Waals surface area contributed by atoms with Gasteiger partial charge in [-0.05, 0) is 31.0 Å². The van der Waals surface area contributed by atoms with E-state index < -0.39 is 5.60 Å². The largest absolute Gasteiger partial charge is 0.496 e. The lowest BCUT2D eigenvalue weighted by molar-refractivity contribution is 0.0322. The van der Waals surface area contributed by atoms with Gasteiger partial charge in [0.15, 0.2) is 0 Å². The Hall–Kier alpha value is -0.580. The molecule has 1 aromatic carbocycles. The second kappa shape index (κ2) is 7.12. The van der Waals surface area contributed by atoms with Gasteiger partial charge in [0, 0.05) is 23.1 Å². The maximum atomic E-state index is 10.2. The fourth-order valence-corrected chi connectivity index (χ4v) is 2.22. The number of rotatable bonds is 7. The molecule has 0 spiro atoms. The third-order valence-electron chi connectivity index (χ3n) is 3.33. The molecule has 102 valence electrons. The second-order valence-corrected chi connectivity index (χ2v) is 5.41. The minimum absolute atomic E-state index is 0.593. The van der Waals surface area contributed by atoms with Gasteiger partial charge in [-0.3, -0.25) is 0 Å². The van der Waals surface area contributed by atoms with Crippen LogP contribution >= 0.6 is 15.9 Å². The highest BCUT2D eigenvalue weighted by atomic mass is 79.9. The molecule has 0 unspecified atom stereocenters. The average molecular weight is 316 g/mol. The van der Waals surface area contributed by atoms with E-state index >= 15 is 0 Å². The van der Waals surface area contributed by atoms with E-state index in [4.69, 9.17) is 4.74 Å². The Bertz CT molecular complexity index is 378. The van der Waals surface area contributed by atoms with Crippen LogP contribution in [0.15, 0.2) is 22.7 Å². The Morgan fingerprint density at radius 3 is 2.56 bits per heavy atom. The SMILES string of the molecule is CCC(O)(CC)CNCc1cc(Br)ccc1OC. The molecule has 2 N–H and O–H groups in total. The van der Waals surface area contributed by atoms with E-state index in [-0.39, 0.29) is 0 Å². The Kier molecular flexibility index (Phi) is 6.12. The zero-order valence-corrected chi connectivity index (χ0v) is 12.9. The van der Waals surface area contributed by atoms with Crippen molar-refractivity contribution in [2.24, 2.45) is 0 Å². The fourth-order valence-electron chi connectivity index (χ4n) is 1.82. The van der Waals surface area contributed by atoms with Crippen LogP contribution < -0.4 is 10.1 Å². The predicted molar refractivity (Wildman–Crippen MR) is 77.9 cm³/mol. The number of hydrogen-bond donors (Lipinski definition) is 2. The van der Waals surface area contributed by atoms with Crippen molar-refractivity contribution in [3.8, 4) is 5.75 Å². The summed E-state index contributed by atoms with van der Waals surface area (Å²) in [5.74, 6) is 0.863. The van der Waals surface area contributed by atoms with E-state index in [1.54, 1.807) is 7.11 Å². The number of nitrogens with one attached hydrogen (secondary N) is 1. The molecule has 0 aliphatic heterocycles. The van der Waals surface area contributed by atoms with E-state index in [0.29, 0.717) is 13.1 Å². The molecule has 0 amide bonds. The summed E-state index contributed by atoms with van der Waals surface area (Å²) < 4.78 is 6.34. The topological polar surface area (TPSA) is 41.5 Å². The van der Waals surface area contributed by atoms with Crippen molar-refractivity contribution in [1.82, 2.24) is 5.32 Å². The number of hydrogen-bond acceptors (Lipinski definition) is 3. The Labute approximate surface area is 118 Å². The smallest absolute Gasteiger partial charge is 0.123 e. The van der Waals surface area contributed by atoms with Crippen LogP contribution in [0.25, 0.3) is 0 Å². The zero-order valence-electron chi connectivity index (χ0n) is 11.3. The molecule has 0 aliphatic carbocycles. The van der Waals surface area contributed by atoms with Gasteiger partial charge in [-0.1, -0.05) is 29.8 Å². The van der Waals surface area contributed by atoms with Crippen molar-refractivity contribution in [1.29, 1.82) is 0 Å². The van der Waals surface area contributed by atoms with Crippen LogP contribution in [0.3, 0.4) is 0 Å². The van der Waals surface area contributed by atoms with Crippen molar-refractivity contribution < 1.29 is 9.84 Å². The third kappa shape index (κ3) is 4.26. The van der Waals surface area contributed by atoms with Gasteiger partial charge in [0.1, 0.15) is 5.75 Å². The van der Waals surface area contributed by atoms with Crippen molar-refractivity contribution in [2.75, 3.05) is 13.7 Å². The van der Waals surface area contributed by atoms with Gasteiger partial charge in [-0.2, -0.15) is 0 Å². The molecule has 18 heavy (non-hydrogen) atoms. The minimum Gasteiger partial charge on any atom is -0.496 e. The molecule has 0 bridgehead atoms. The maximum absolute atomic E-state index is 10.2. The highest BCUT2D eigenvalue weighted by Gasteiger charge is 2.21. The highest BCUT2D eigenvalue weighted by Crippen LogP contribution is 2.23. The number of methoxy groups -OCH3 is 1. The fraction of sp³-hybridized carbons (Fsp3) is 0.571. The first-order valence-corrected chi connectivity index (χ1v) is 7.09. The molecule has 0 atom stereocenters. The van der Waals surface area contributed by atoms with Gasteiger partial charge in [-0.25, -0.2) is 0 Å².